The van der Waals surface area contributed by atoms with Crippen LogP contribution in [0.2, 0.25) is 5.02 Å². The number of thiophene rings is 1. The lowest BCUT2D eigenvalue weighted by Gasteiger charge is -2.14. The first-order valence-corrected chi connectivity index (χ1v) is 11.3. The lowest BCUT2D eigenvalue weighted by atomic mass is 10.2. The number of halogens is 1. The van der Waals surface area contributed by atoms with Gasteiger partial charge in [-0.05, 0) is 57.5 Å². The number of nitrogens with zero attached hydrogens (tertiary/aromatic N) is 4. The Hall–Kier alpha value is -2.16. The van der Waals surface area contributed by atoms with E-state index in [4.69, 9.17) is 21.1 Å². The summed E-state index contributed by atoms with van der Waals surface area (Å²) in [4.78, 5) is 24.2. The maximum Gasteiger partial charge on any atom is 0.263 e. The van der Waals surface area contributed by atoms with Crippen molar-refractivity contribution >= 4 is 44.9 Å². The average molecular weight is 447 g/mol. The Kier molecular flexibility index (Phi) is 5.50. The second kappa shape index (κ2) is 7.93. The largest absolute Gasteiger partial charge is 0.334 e. The quantitative estimate of drug-likeness (QED) is 0.291. The third-order valence-electron chi connectivity index (χ3n) is 4.61. The van der Waals surface area contributed by atoms with Gasteiger partial charge in [-0.15, -0.1) is 11.3 Å². The number of fused-ring (bicyclic) bond motifs is 1. The molecule has 4 aromatic rings. The SMILES string of the molecule is Cc1sc2nc(SCc3noc(-c4ccc(Cl)cc4)n3)n(C(C)C)c(=O)c2c1C. The predicted molar refractivity (Wildman–Crippen MR) is 118 cm³/mol. The predicted octanol–water partition coefficient (Wildman–Crippen LogP) is 5.65. The van der Waals surface area contributed by atoms with Crippen LogP contribution in [-0.4, -0.2) is 19.7 Å². The Morgan fingerprint density at radius 3 is 2.62 bits per heavy atom. The summed E-state index contributed by atoms with van der Waals surface area (Å²) in [7, 11) is 0. The summed E-state index contributed by atoms with van der Waals surface area (Å²) < 4.78 is 7.11. The van der Waals surface area contributed by atoms with Gasteiger partial charge in [-0.25, -0.2) is 4.98 Å². The van der Waals surface area contributed by atoms with Gasteiger partial charge in [0, 0.05) is 21.5 Å². The summed E-state index contributed by atoms with van der Waals surface area (Å²) in [6, 6.07) is 7.22. The number of benzene rings is 1. The Labute approximate surface area is 180 Å². The van der Waals surface area contributed by atoms with E-state index in [0.717, 1.165) is 26.2 Å². The van der Waals surface area contributed by atoms with Crippen LogP contribution in [0.25, 0.3) is 21.7 Å². The van der Waals surface area contributed by atoms with Gasteiger partial charge in [0.25, 0.3) is 11.4 Å². The van der Waals surface area contributed by atoms with E-state index in [1.165, 1.54) is 11.8 Å². The van der Waals surface area contributed by atoms with Gasteiger partial charge in [0.15, 0.2) is 11.0 Å². The minimum absolute atomic E-state index is 0.00333. The molecule has 1 aromatic carbocycles. The van der Waals surface area contributed by atoms with E-state index in [0.29, 0.717) is 27.6 Å². The van der Waals surface area contributed by atoms with Gasteiger partial charge in [-0.3, -0.25) is 9.36 Å². The van der Waals surface area contributed by atoms with Crippen LogP contribution in [0.3, 0.4) is 0 Å². The monoisotopic (exact) mass is 446 g/mol. The van der Waals surface area contributed by atoms with Crippen molar-refractivity contribution in [1.82, 2.24) is 19.7 Å². The van der Waals surface area contributed by atoms with Crippen molar-refractivity contribution in [2.24, 2.45) is 0 Å². The topological polar surface area (TPSA) is 73.8 Å². The van der Waals surface area contributed by atoms with Crippen molar-refractivity contribution in [1.29, 1.82) is 0 Å². The molecule has 3 heterocycles. The maximum atomic E-state index is 13.1. The number of aryl methyl sites for hydroxylation is 2. The van der Waals surface area contributed by atoms with Crippen LogP contribution in [0, 0.1) is 13.8 Å². The molecular weight excluding hydrogens is 428 g/mol. The standard InChI is InChI=1S/C20H19ClN4O2S2/c1-10(2)25-19(26)16-11(3)12(4)29-18(16)23-20(25)28-9-15-22-17(27-24-15)13-5-7-14(21)8-6-13/h5-8,10H,9H2,1-4H3. The molecule has 29 heavy (non-hydrogen) atoms. The van der Waals surface area contributed by atoms with E-state index < -0.39 is 0 Å². The molecule has 0 atom stereocenters. The lowest BCUT2D eigenvalue weighted by Crippen LogP contribution is -2.25. The minimum Gasteiger partial charge on any atom is -0.334 e. The molecule has 0 fully saturated rings. The summed E-state index contributed by atoms with van der Waals surface area (Å²) in [5.74, 6) is 1.43. The number of aromatic nitrogens is 4. The summed E-state index contributed by atoms with van der Waals surface area (Å²) in [5.41, 5.74) is 1.82. The number of thioether (sulfide) groups is 1. The zero-order chi connectivity index (χ0) is 20.7. The Morgan fingerprint density at radius 1 is 1.21 bits per heavy atom. The molecule has 0 aliphatic carbocycles. The molecule has 6 nitrogen and oxygen atoms in total. The molecule has 4 rings (SSSR count). The van der Waals surface area contributed by atoms with Crippen molar-refractivity contribution in [3.63, 3.8) is 0 Å². The molecule has 0 bridgehead atoms. The van der Waals surface area contributed by atoms with Crippen molar-refractivity contribution in [2.75, 3.05) is 0 Å². The Bertz CT molecular complexity index is 1240. The highest BCUT2D eigenvalue weighted by atomic mass is 35.5. The van der Waals surface area contributed by atoms with Crippen LogP contribution >= 0.6 is 34.7 Å². The molecule has 0 amide bonds. The molecule has 0 spiro atoms. The van der Waals surface area contributed by atoms with Gasteiger partial charge in [0.2, 0.25) is 0 Å². The third kappa shape index (κ3) is 3.84. The van der Waals surface area contributed by atoms with E-state index >= 15 is 0 Å². The highest BCUT2D eigenvalue weighted by Crippen LogP contribution is 2.30. The zero-order valence-corrected chi connectivity index (χ0v) is 18.8. The first-order valence-electron chi connectivity index (χ1n) is 9.08. The molecule has 0 aliphatic heterocycles. The molecule has 0 saturated carbocycles. The average Bonchev–Trinajstić information content (AvgIpc) is 3.25. The van der Waals surface area contributed by atoms with E-state index in [-0.39, 0.29) is 11.6 Å². The fourth-order valence-corrected chi connectivity index (χ4v) is 5.16. The van der Waals surface area contributed by atoms with Crippen LogP contribution in [-0.2, 0) is 5.75 Å². The zero-order valence-electron chi connectivity index (χ0n) is 16.4. The summed E-state index contributed by atoms with van der Waals surface area (Å²) in [5, 5.41) is 6.09. The van der Waals surface area contributed by atoms with Gasteiger partial charge in [-0.2, -0.15) is 4.98 Å². The fourth-order valence-electron chi connectivity index (χ4n) is 3.00. The molecule has 3 aromatic heterocycles. The van der Waals surface area contributed by atoms with Gasteiger partial charge >= 0.3 is 0 Å². The molecule has 0 radical (unpaired) electrons. The molecule has 0 unspecified atom stereocenters. The van der Waals surface area contributed by atoms with Crippen molar-refractivity contribution in [3.8, 4) is 11.5 Å². The first-order chi connectivity index (χ1) is 13.8. The Morgan fingerprint density at radius 2 is 1.93 bits per heavy atom. The maximum absolute atomic E-state index is 13.1. The normalized spacial score (nSPS) is 11.7. The molecule has 0 aliphatic rings. The van der Waals surface area contributed by atoms with Crippen LogP contribution in [0.4, 0.5) is 0 Å². The van der Waals surface area contributed by atoms with Crippen LogP contribution in [0.5, 0.6) is 0 Å². The van der Waals surface area contributed by atoms with Gasteiger partial charge in [-0.1, -0.05) is 28.5 Å². The van der Waals surface area contributed by atoms with Crippen LogP contribution in [0.1, 0.15) is 36.2 Å². The second-order valence-corrected chi connectivity index (χ2v) is 9.52. The number of rotatable bonds is 5. The summed E-state index contributed by atoms with van der Waals surface area (Å²) in [6.45, 7) is 7.97. The smallest absolute Gasteiger partial charge is 0.263 e. The lowest BCUT2D eigenvalue weighted by molar-refractivity contribution is 0.425. The highest BCUT2D eigenvalue weighted by molar-refractivity contribution is 7.98. The van der Waals surface area contributed by atoms with Crippen molar-refractivity contribution in [3.05, 3.63) is 55.9 Å². The van der Waals surface area contributed by atoms with E-state index in [1.54, 1.807) is 28.0 Å². The fraction of sp³-hybridized carbons (Fsp3) is 0.300. The summed E-state index contributed by atoms with van der Waals surface area (Å²) >= 11 is 8.91. The minimum atomic E-state index is -0.00333. The molecule has 9 heteroatoms. The third-order valence-corrected chi connectivity index (χ3v) is 6.91. The van der Waals surface area contributed by atoms with E-state index in [9.17, 15) is 4.79 Å². The van der Waals surface area contributed by atoms with Gasteiger partial charge in [0.05, 0.1) is 11.1 Å². The van der Waals surface area contributed by atoms with E-state index in [2.05, 4.69) is 10.1 Å². The van der Waals surface area contributed by atoms with Gasteiger partial charge < -0.3 is 4.52 Å². The highest BCUT2D eigenvalue weighted by Gasteiger charge is 2.19. The second-order valence-electron chi connectivity index (χ2n) is 6.94. The van der Waals surface area contributed by atoms with Crippen molar-refractivity contribution in [2.45, 2.75) is 44.6 Å². The number of hydrogen-bond donors (Lipinski definition) is 0. The molecule has 0 N–H and O–H groups in total. The van der Waals surface area contributed by atoms with E-state index in [1.807, 2.05) is 39.8 Å². The van der Waals surface area contributed by atoms with Crippen molar-refractivity contribution < 1.29 is 4.52 Å². The summed E-state index contributed by atoms with van der Waals surface area (Å²) in [6.07, 6.45) is 0. The van der Waals surface area contributed by atoms with Gasteiger partial charge in [0.1, 0.15) is 4.83 Å². The molecule has 150 valence electrons. The molecular formula is C20H19ClN4O2S2. The Balaban J connectivity index is 1.64. The van der Waals surface area contributed by atoms with Crippen LogP contribution < -0.4 is 5.56 Å². The first kappa shape index (κ1) is 20.1. The van der Waals surface area contributed by atoms with Crippen LogP contribution in [0.15, 0.2) is 38.7 Å². The molecule has 0 saturated heterocycles. The number of hydrogen-bond acceptors (Lipinski definition) is 7.